The molecule has 194 valence electrons. The molecule has 7 nitrogen and oxygen atoms in total. The van der Waals surface area contributed by atoms with Gasteiger partial charge in [-0.1, -0.05) is 11.6 Å². The average Bonchev–Trinajstić information content (AvgIpc) is 3.51. The molecule has 0 radical (unpaired) electrons. The van der Waals surface area contributed by atoms with Crippen LogP contribution in [0.25, 0.3) is 16.1 Å². The Bertz CT molecular complexity index is 1130. The highest BCUT2D eigenvalue weighted by Gasteiger charge is 2.27. The van der Waals surface area contributed by atoms with E-state index in [4.69, 9.17) is 9.72 Å². The molecule has 1 atom stereocenters. The van der Waals surface area contributed by atoms with E-state index < -0.39 is 0 Å². The van der Waals surface area contributed by atoms with Gasteiger partial charge >= 0.3 is 0 Å². The largest absolute Gasteiger partial charge is 0.489 e. The second-order valence-corrected chi connectivity index (χ2v) is 10.7. The molecule has 1 saturated heterocycles. The number of hydrogen-bond acceptors (Lipinski definition) is 7. The van der Waals surface area contributed by atoms with Crippen LogP contribution in [0.5, 0.6) is 5.75 Å². The third kappa shape index (κ3) is 5.99. The number of benzene rings is 1. The van der Waals surface area contributed by atoms with Gasteiger partial charge < -0.3 is 25.6 Å². The molecule has 2 heterocycles. The van der Waals surface area contributed by atoms with Crippen molar-refractivity contribution in [2.75, 3.05) is 45.1 Å². The van der Waals surface area contributed by atoms with Crippen LogP contribution in [0, 0.1) is 0 Å². The molecule has 2 aliphatic rings. The first-order chi connectivity index (χ1) is 17.4. The van der Waals surface area contributed by atoms with Gasteiger partial charge in [-0.2, -0.15) is 0 Å². The number of piperazine rings is 1. The molecule has 1 aliphatic heterocycles. The molecule has 1 aromatic carbocycles. The summed E-state index contributed by atoms with van der Waals surface area (Å²) in [6.45, 7) is 12.1. The Morgan fingerprint density at radius 3 is 2.81 bits per heavy atom. The lowest BCUT2D eigenvalue weighted by atomic mass is 10.0. The minimum absolute atomic E-state index is 0.119. The fourth-order valence-electron chi connectivity index (χ4n) is 4.96. The van der Waals surface area contributed by atoms with Crippen LogP contribution in [0.4, 0.5) is 5.69 Å². The van der Waals surface area contributed by atoms with E-state index in [1.54, 1.807) is 11.3 Å². The summed E-state index contributed by atoms with van der Waals surface area (Å²) in [7, 11) is 1.91. The Hall–Kier alpha value is -2.68. The third-order valence-electron chi connectivity index (χ3n) is 6.89. The van der Waals surface area contributed by atoms with Crippen LogP contribution >= 0.6 is 11.3 Å². The second-order valence-electron chi connectivity index (χ2n) is 9.62. The molecule has 8 heteroatoms. The summed E-state index contributed by atoms with van der Waals surface area (Å²) in [4.78, 5) is 20.5. The molecule has 1 fully saturated rings. The van der Waals surface area contributed by atoms with Gasteiger partial charge in [0.2, 0.25) is 5.91 Å². The molecular formula is C28H39N5O2S. The number of nitrogens with zero attached hydrogens (tertiary/aromatic N) is 2. The highest BCUT2D eigenvalue weighted by molar-refractivity contribution is 7.16. The number of carbonyl (C=O) groups excluding carboxylic acids is 1. The lowest BCUT2D eigenvalue weighted by Gasteiger charge is -2.28. The van der Waals surface area contributed by atoms with Crippen LogP contribution in [-0.4, -0.2) is 67.7 Å². The Balaban J connectivity index is 1.46. The summed E-state index contributed by atoms with van der Waals surface area (Å²) in [5.74, 6) is 1.05. The molecule has 1 aliphatic carbocycles. The summed E-state index contributed by atoms with van der Waals surface area (Å²) >= 11 is 1.72. The van der Waals surface area contributed by atoms with Crippen molar-refractivity contribution in [3.63, 3.8) is 0 Å². The van der Waals surface area contributed by atoms with Gasteiger partial charge in [-0.05, 0) is 69.9 Å². The average molecular weight is 510 g/mol. The SMILES string of the molecule is CC=C(C1=C(C)C(NCC(=O)N2CCNCC2)CC1)c1cnc(-c2ccc(OC(C)C)c(NC)c2)s1. The first-order valence-electron chi connectivity index (χ1n) is 12.9. The fourth-order valence-corrected chi connectivity index (χ4v) is 5.98. The van der Waals surface area contributed by atoms with E-state index in [1.165, 1.54) is 21.6 Å². The van der Waals surface area contributed by atoms with Gasteiger partial charge in [0.15, 0.2) is 0 Å². The smallest absolute Gasteiger partial charge is 0.236 e. The number of carbonyl (C=O) groups is 1. The molecule has 0 spiro atoms. The number of anilines is 1. The van der Waals surface area contributed by atoms with Gasteiger partial charge in [-0.3, -0.25) is 4.79 Å². The minimum atomic E-state index is 0.119. The number of allylic oxidation sites excluding steroid dienone is 3. The molecule has 0 saturated carbocycles. The van der Waals surface area contributed by atoms with Gasteiger partial charge in [0, 0.05) is 51.0 Å². The molecule has 0 bridgehead atoms. The minimum Gasteiger partial charge on any atom is -0.489 e. The van der Waals surface area contributed by atoms with Crippen molar-refractivity contribution in [3.8, 4) is 16.3 Å². The van der Waals surface area contributed by atoms with Crippen LogP contribution < -0.4 is 20.7 Å². The first kappa shape index (κ1) is 26.4. The van der Waals surface area contributed by atoms with E-state index in [0.717, 1.165) is 61.0 Å². The maximum absolute atomic E-state index is 12.6. The number of rotatable bonds is 9. The van der Waals surface area contributed by atoms with E-state index in [0.29, 0.717) is 6.54 Å². The Morgan fingerprint density at radius 1 is 1.33 bits per heavy atom. The zero-order valence-electron chi connectivity index (χ0n) is 22.1. The molecule has 1 unspecified atom stereocenters. The number of thiazole rings is 1. The number of ether oxygens (including phenoxy) is 1. The second kappa shape index (κ2) is 12.0. The van der Waals surface area contributed by atoms with Crippen LogP contribution in [0.3, 0.4) is 0 Å². The van der Waals surface area contributed by atoms with Crippen LogP contribution in [0.1, 0.15) is 45.4 Å². The summed E-state index contributed by atoms with van der Waals surface area (Å²) in [6, 6.07) is 6.43. The normalized spacial score (nSPS) is 18.8. The summed E-state index contributed by atoms with van der Waals surface area (Å²) in [5, 5.41) is 11.1. The van der Waals surface area contributed by atoms with Crippen LogP contribution in [0.2, 0.25) is 0 Å². The topological polar surface area (TPSA) is 78.5 Å². The standard InChI is InChI=1S/C28H39N5O2S/c1-6-21(22-8-9-23(19(22)4)31-17-27(34)33-13-11-30-12-14-33)26-16-32-28(36-26)20-7-10-25(35-18(2)3)24(15-20)29-5/h6-7,10,15-16,18,23,29-31H,8-9,11-14,17H2,1-5H3. The summed E-state index contributed by atoms with van der Waals surface area (Å²) in [6.07, 6.45) is 6.32. The van der Waals surface area contributed by atoms with Gasteiger partial charge in [0.05, 0.1) is 23.2 Å². The predicted octanol–water partition coefficient (Wildman–Crippen LogP) is 4.54. The van der Waals surface area contributed by atoms with E-state index in [9.17, 15) is 4.79 Å². The van der Waals surface area contributed by atoms with Crippen molar-refractivity contribution in [3.05, 3.63) is 46.5 Å². The lowest BCUT2D eigenvalue weighted by Crippen LogP contribution is -2.49. The summed E-state index contributed by atoms with van der Waals surface area (Å²) in [5.41, 5.74) is 5.99. The summed E-state index contributed by atoms with van der Waals surface area (Å²) < 4.78 is 5.92. The van der Waals surface area contributed by atoms with Gasteiger partial charge in [0.1, 0.15) is 10.8 Å². The van der Waals surface area contributed by atoms with Gasteiger partial charge in [0.25, 0.3) is 0 Å². The molecule has 3 N–H and O–H groups in total. The van der Waals surface area contributed by atoms with E-state index in [2.05, 4.69) is 48.0 Å². The zero-order valence-corrected chi connectivity index (χ0v) is 22.9. The number of aromatic nitrogens is 1. The number of nitrogens with one attached hydrogen (secondary N) is 3. The van der Waals surface area contributed by atoms with E-state index >= 15 is 0 Å². The highest BCUT2D eigenvalue weighted by atomic mass is 32.1. The van der Waals surface area contributed by atoms with Crippen molar-refractivity contribution in [1.82, 2.24) is 20.5 Å². The van der Waals surface area contributed by atoms with Crippen molar-refractivity contribution in [2.45, 2.75) is 52.7 Å². The molecule has 1 aromatic heterocycles. The van der Waals surface area contributed by atoms with E-state index in [1.807, 2.05) is 38.1 Å². The highest BCUT2D eigenvalue weighted by Crippen LogP contribution is 2.40. The van der Waals surface area contributed by atoms with Gasteiger partial charge in [-0.25, -0.2) is 4.98 Å². The van der Waals surface area contributed by atoms with E-state index in [-0.39, 0.29) is 18.1 Å². The number of amides is 1. The third-order valence-corrected chi connectivity index (χ3v) is 7.97. The quantitative estimate of drug-likeness (QED) is 0.461. The van der Waals surface area contributed by atoms with Crippen LogP contribution in [0.15, 0.2) is 41.6 Å². The maximum Gasteiger partial charge on any atom is 0.236 e. The zero-order chi connectivity index (χ0) is 25.7. The Kier molecular flexibility index (Phi) is 8.82. The molecule has 4 rings (SSSR count). The monoisotopic (exact) mass is 509 g/mol. The molecule has 36 heavy (non-hydrogen) atoms. The Labute approximate surface area is 219 Å². The predicted molar refractivity (Wildman–Crippen MR) is 150 cm³/mol. The van der Waals surface area contributed by atoms with Crippen LogP contribution in [-0.2, 0) is 4.79 Å². The fraction of sp³-hybridized carbons (Fsp3) is 0.500. The van der Waals surface area contributed by atoms with Crippen molar-refractivity contribution < 1.29 is 9.53 Å². The van der Waals surface area contributed by atoms with Gasteiger partial charge in [-0.15, -0.1) is 11.3 Å². The first-order valence-corrected chi connectivity index (χ1v) is 13.8. The van der Waals surface area contributed by atoms with Crippen molar-refractivity contribution >= 4 is 28.5 Å². The maximum atomic E-state index is 12.6. The molecular weight excluding hydrogens is 470 g/mol. The molecule has 1 amide bonds. The number of hydrogen-bond donors (Lipinski definition) is 3. The lowest BCUT2D eigenvalue weighted by molar-refractivity contribution is -0.130. The molecule has 2 aromatic rings. The Morgan fingerprint density at radius 2 is 2.11 bits per heavy atom. The van der Waals surface area contributed by atoms with Crippen molar-refractivity contribution in [1.29, 1.82) is 0 Å². The van der Waals surface area contributed by atoms with Crippen molar-refractivity contribution in [2.24, 2.45) is 0 Å².